The van der Waals surface area contributed by atoms with Crippen LogP contribution in [-0.4, -0.2) is 40.9 Å². The molecule has 1 saturated carbocycles. The molecule has 0 spiro atoms. The van der Waals surface area contributed by atoms with Crippen LogP contribution >= 0.6 is 11.3 Å². The highest BCUT2D eigenvalue weighted by Crippen LogP contribution is 2.49. The Kier molecular flexibility index (Phi) is 5.17. The van der Waals surface area contributed by atoms with Crippen LogP contribution in [0.1, 0.15) is 59.3 Å². The molecule has 1 aromatic rings. The zero-order valence-electron chi connectivity index (χ0n) is 17.1. The number of rotatable bonds is 4. The molecule has 4 atom stereocenters. The smallest absolute Gasteiger partial charge is 0.307 e. The zero-order valence-corrected chi connectivity index (χ0v) is 17.9. The van der Waals surface area contributed by atoms with Gasteiger partial charge < -0.3 is 15.3 Å². The predicted molar refractivity (Wildman–Crippen MR) is 115 cm³/mol. The van der Waals surface area contributed by atoms with Crippen molar-refractivity contribution in [3.05, 3.63) is 28.2 Å². The number of nitrogens with one attached hydrogen (secondary N) is 1. The number of anilines is 1. The second-order valence-electron chi connectivity index (χ2n) is 9.10. The largest absolute Gasteiger partial charge is 0.481 e. The number of nitrogens with zero attached hydrogens (tertiary/aromatic N) is 1. The van der Waals surface area contributed by atoms with E-state index >= 15 is 0 Å². The molecule has 3 aliphatic carbocycles. The van der Waals surface area contributed by atoms with Gasteiger partial charge in [-0.05, 0) is 68.8 Å². The van der Waals surface area contributed by atoms with Gasteiger partial charge in [0.1, 0.15) is 5.00 Å². The fourth-order valence-corrected chi connectivity index (χ4v) is 7.13. The van der Waals surface area contributed by atoms with Crippen molar-refractivity contribution in [3.63, 3.8) is 0 Å². The van der Waals surface area contributed by atoms with Crippen LogP contribution in [0.5, 0.6) is 0 Å². The maximum absolute atomic E-state index is 13.4. The summed E-state index contributed by atoms with van der Waals surface area (Å²) in [6.07, 6.45) is 11.9. The van der Waals surface area contributed by atoms with Gasteiger partial charge in [0.05, 0.1) is 17.4 Å². The topological polar surface area (TPSA) is 86.7 Å². The lowest BCUT2D eigenvalue weighted by Crippen LogP contribution is -2.38. The van der Waals surface area contributed by atoms with Gasteiger partial charge in [0.25, 0.3) is 5.91 Å². The molecule has 2 amide bonds. The van der Waals surface area contributed by atoms with E-state index < -0.39 is 17.8 Å². The van der Waals surface area contributed by atoms with Crippen LogP contribution in [0, 0.1) is 23.7 Å². The van der Waals surface area contributed by atoms with Crippen LogP contribution in [0.15, 0.2) is 12.2 Å². The van der Waals surface area contributed by atoms with Gasteiger partial charge in [0, 0.05) is 18.0 Å². The number of thiophene rings is 1. The lowest BCUT2D eigenvalue weighted by Gasteiger charge is -2.28. The van der Waals surface area contributed by atoms with Gasteiger partial charge in [-0.15, -0.1) is 11.3 Å². The molecule has 2 heterocycles. The summed E-state index contributed by atoms with van der Waals surface area (Å²) in [4.78, 5) is 41.7. The number of hydrogen-bond acceptors (Lipinski definition) is 4. The van der Waals surface area contributed by atoms with Crippen LogP contribution < -0.4 is 5.32 Å². The van der Waals surface area contributed by atoms with Crippen molar-refractivity contribution in [2.75, 3.05) is 18.4 Å². The highest BCUT2D eigenvalue weighted by molar-refractivity contribution is 7.17. The third kappa shape index (κ3) is 3.27. The third-order valence-corrected chi connectivity index (χ3v) is 8.52. The van der Waals surface area contributed by atoms with E-state index in [1.54, 1.807) is 0 Å². The number of likely N-dealkylation sites (tertiary alicyclic amines) is 1. The van der Waals surface area contributed by atoms with E-state index in [2.05, 4.69) is 5.32 Å². The number of carbonyl (C=O) groups is 3. The lowest BCUT2D eigenvalue weighted by molar-refractivity contribution is -0.146. The van der Waals surface area contributed by atoms with Crippen LogP contribution in [0.4, 0.5) is 5.00 Å². The first-order chi connectivity index (χ1) is 14.5. The predicted octanol–water partition coefficient (Wildman–Crippen LogP) is 3.71. The number of carbonyl (C=O) groups excluding carboxylic acids is 2. The van der Waals surface area contributed by atoms with Crippen molar-refractivity contribution >= 4 is 34.1 Å². The molecule has 2 fully saturated rings. The Morgan fingerprint density at radius 3 is 2.40 bits per heavy atom. The van der Waals surface area contributed by atoms with Gasteiger partial charge in [-0.3, -0.25) is 14.4 Å². The number of fused-ring (bicyclic) bond motifs is 3. The zero-order chi connectivity index (χ0) is 20.8. The molecule has 0 aromatic carbocycles. The molecular weight excluding hydrogens is 400 g/mol. The van der Waals surface area contributed by atoms with Gasteiger partial charge in [-0.25, -0.2) is 0 Å². The van der Waals surface area contributed by atoms with Crippen molar-refractivity contribution in [3.8, 4) is 0 Å². The first-order valence-electron chi connectivity index (χ1n) is 11.2. The maximum atomic E-state index is 13.4. The van der Waals surface area contributed by atoms with E-state index in [0.717, 1.165) is 70.0 Å². The lowest BCUT2D eigenvalue weighted by atomic mass is 9.82. The first-order valence-corrected chi connectivity index (χ1v) is 12.0. The van der Waals surface area contributed by atoms with Crippen LogP contribution in [0.3, 0.4) is 0 Å². The Bertz CT molecular complexity index is 915. The molecular formula is C23H28N2O4S. The molecule has 30 heavy (non-hydrogen) atoms. The Morgan fingerprint density at radius 1 is 0.967 bits per heavy atom. The SMILES string of the molecule is O=C(O)[C@@H]1[C@H](C(=O)Nc2sc3c(c2C(=O)N2CCCCC2)CCCC3)[C@@H]2C=C[C@H]1C2. The summed E-state index contributed by atoms with van der Waals surface area (Å²) >= 11 is 1.53. The molecule has 1 saturated heterocycles. The van der Waals surface area contributed by atoms with Crippen LogP contribution in [0.25, 0.3) is 0 Å². The molecule has 7 heteroatoms. The van der Waals surface area contributed by atoms with E-state index in [1.807, 2.05) is 17.1 Å². The molecule has 160 valence electrons. The molecule has 1 aromatic heterocycles. The van der Waals surface area contributed by atoms with Crippen molar-refractivity contribution < 1.29 is 19.5 Å². The highest BCUT2D eigenvalue weighted by atomic mass is 32.1. The molecule has 2 bridgehead atoms. The number of aliphatic carboxylic acids is 1. The van der Waals surface area contributed by atoms with Crippen molar-refractivity contribution in [1.29, 1.82) is 0 Å². The number of carboxylic acid groups (broad SMARTS) is 1. The van der Waals surface area contributed by atoms with Gasteiger partial charge in [0.2, 0.25) is 5.91 Å². The van der Waals surface area contributed by atoms with Gasteiger partial charge in [-0.2, -0.15) is 0 Å². The minimum Gasteiger partial charge on any atom is -0.481 e. The molecule has 0 unspecified atom stereocenters. The minimum atomic E-state index is -0.901. The highest BCUT2D eigenvalue weighted by Gasteiger charge is 2.51. The van der Waals surface area contributed by atoms with E-state index in [9.17, 15) is 19.5 Å². The molecule has 5 rings (SSSR count). The van der Waals surface area contributed by atoms with E-state index in [0.29, 0.717) is 10.6 Å². The number of carboxylic acids is 1. The quantitative estimate of drug-likeness (QED) is 0.716. The number of allylic oxidation sites excluding steroid dienone is 2. The Balaban J connectivity index is 1.45. The summed E-state index contributed by atoms with van der Waals surface area (Å²) in [7, 11) is 0. The normalized spacial score (nSPS) is 29.7. The van der Waals surface area contributed by atoms with Gasteiger partial charge >= 0.3 is 5.97 Å². The Hall–Kier alpha value is -2.15. The summed E-state index contributed by atoms with van der Waals surface area (Å²) in [5.74, 6) is -2.42. The number of piperidine rings is 1. The third-order valence-electron chi connectivity index (χ3n) is 7.31. The Morgan fingerprint density at radius 2 is 1.67 bits per heavy atom. The molecule has 1 aliphatic heterocycles. The Labute approximate surface area is 180 Å². The first kappa shape index (κ1) is 19.8. The summed E-state index contributed by atoms with van der Waals surface area (Å²) in [5.41, 5.74) is 1.79. The summed E-state index contributed by atoms with van der Waals surface area (Å²) in [6, 6.07) is 0. The molecule has 4 aliphatic rings. The monoisotopic (exact) mass is 428 g/mol. The maximum Gasteiger partial charge on any atom is 0.307 e. The average molecular weight is 429 g/mol. The average Bonchev–Trinajstić information content (AvgIpc) is 3.46. The van der Waals surface area contributed by atoms with E-state index in [1.165, 1.54) is 16.2 Å². The summed E-state index contributed by atoms with van der Waals surface area (Å²) in [5, 5.41) is 13.4. The van der Waals surface area contributed by atoms with Gasteiger partial charge in [-0.1, -0.05) is 12.2 Å². The number of aryl methyl sites for hydroxylation is 1. The van der Waals surface area contributed by atoms with Crippen molar-refractivity contribution in [1.82, 2.24) is 4.90 Å². The molecule has 6 nitrogen and oxygen atoms in total. The number of hydrogen-bond donors (Lipinski definition) is 2. The second kappa shape index (κ2) is 7.84. The standard InChI is InChI=1S/C23H28N2O4S/c26-20(17-13-8-9-14(12-13)18(17)23(28)29)24-21-19(15-6-2-3-7-16(15)30-21)22(27)25-10-4-1-5-11-25/h8-9,13-14,17-18H,1-7,10-12H2,(H,24,26)(H,28,29)/t13-,14+,17-,18+/m1/s1. The van der Waals surface area contributed by atoms with Crippen LogP contribution in [0.2, 0.25) is 0 Å². The molecule has 2 N–H and O–H groups in total. The van der Waals surface area contributed by atoms with Gasteiger partial charge in [0.15, 0.2) is 0 Å². The number of amides is 2. The molecule has 0 radical (unpaired) electrons. The second-order valence-corrected chi connectivity index (χ2v) is 10.2. The minimum absolute atomic E-state index is 0.0214. The summed E-state index contributed by atoms with van der Waals surface area (Å²) in [6.45, 7) is 1.55. The summed E-state index contributed by atoms with van der Waals surface area (Å²) < 4.78 is 0. The van der Waals surface area contributed by atoms with Crippen molar-refractivity contribution in [2.45, 2.75) is 51.4 Å². The fraction of sp³-hybridized carbons (Fsp3) is 0.609. The van der Waals surface area contributed by atoms with E-state index in [4.69, 9.17) is 0 Å². The van der Waals surface area contributed by atoms with E-state index in [-0.39, 0.29) is 23.7 Å². The fourth-order valence-electron chi connectivity index (χ4n) is 5.85. The van der Waals surface area contributed by atoms with Crippen LogP contribution in [-0.2, 0) is 22.4 Å². The van der Waals surface area contributed by atoms with Crippen molar-refractivity contribution in [2.24, 2.45) is 23.7 Å².